The minimum atomic E-state index is -1.66. The van der Waals surface area contributed by atoms with Crippen molar-refractivity contribution in [3.63, 3.8) is 0 Å². The van der Waals surface area contributed by atoms with Crippen LogP contribution in [-0.2, 0) is 47.9 Å². The number of carbonyl (C=O) groups excluding carboxylic acids is 4. The number of esters is 3. The fourth-order valence-electron chi connectivity index (χ4n) is 6.35. The topological polar surface area (TPSA) is 285 Å². The second kappa shape index (κ2) is 37.8. The minimum absolute atomic E-state index is 0.176. The molecule has 0 fully saturated rings. The van der Waals surface area contributed by atoms with Crippen molar-refractivity contribution in [3.05, 3.63) is 204 Å². The van der Waals surface area contributed by atoms with E-state index in [0.717, 1.165) is 25.3 Å². The summed E-state index contributed by atoms with van der Waals surface area (Å²) in [6.07, 6.45) is 9.34. The highest BCUT2D eigenvalue weighted by molar-refractivity contribution is 6.60. The van der Waals surface area contributed by atoms with Crippen LogP contribution in [0.25, 0.3) is 12.2 Å². The van der Waals surface area contributed by atoms with E-state index in [-0.39, 0.29) is 22.0 Å². The van der Waals surface area contributed by atoms with Crippen molar-refractivity contribution in [2.45, 2.75) is 58.2 Å². The number of carbonyl (C=O) groups is 4. The van der Waals surface area contributed by atoms with Gasteiger partial charge in [-0.2, -0.15) is 0 Å². The van der Waals surface area contributed by atoms with Gasteiger partial charge < -0.3 is 68.8 Å². The maximum Gasteiger partial charge on any atom is 0.489 e. The molecule has 82 heavy (non-hydrogen) atoms. The SMILES string of the molecule is C=CC(=O)OC.CC(C)(O)C(C)(C)O.COC(=O)/C=C/c1cc(OCCc2ccccc2)ccc1B(O)O.COC(=O)/C=C/c1cc(OCCc2ccccc2)ccc1B(O)O.O=Cc1cc(OCCc2ccccc2)ccc1B(O)O. The van der Waals surface area contributed by atoms with E-state index in [1.165, 1.54) is 74.5 Å². The van der Waals surface area contributed by atoms with Crippen LogP contribution >= 0.6 is 0 Å². The van der Waals surface area contributed by atoms with Crippen molar-refractivity contribution >= 4 is 74.1 Å². The molecule has 6 aromatic carbocycles. The Labute approximate surface area is 480 Å². The van der Waals surface area contributed by atoms with Crippen LogP contribution < -0.4 is 30.6 Å². The molecule has 0 aliphatic carbocycles. The van der Waals surface area contributed by atoms with Crippen molar-refractivity contribution in [3.8, 4) is 17.2 Å². The van der Waals surface area contributed by atoms with E-state index in [4.69, 9.17) is 34.5 Å². The molecular formula is C61H73B3O18. The van der Waals surface area contributed by atoms with Crippen molar-refractivity contribution in [1.82, 2.24) is 0 Å². The first-order valence-electron chi connectivity index (χ1n) is 25.6. The second-order valence-corrected chi connectivity index (χ2v) is 18.4. The lowest BCUT2D eigenvalue weighted by Crippen LogP contribution is -2.44. The molecule has 0 bridgehead atoms. The van der Waals surface area contributed by atoms with Gasteiger partial charge in [0.15, 0.2) is 0 Å². The average Bonchev–Trinajstić information content (AvgIpc) is 3.49. The zero-order chi connectivity index (χ0) is 61.1. The summed E-state index contributed by atoms with van der Waals surface area (Å²) >= 11 is 0. The van der Waals surface area contributed by atoms with Gasteiger partial charge in [0.25, 0.3) is 0 Å². The van der Waals surface area contributed by atoms with Gasteiger partial charge in [-0.25, -0.2) is 14.4 Å². The Morgan fingerprint density at radius 2 is 0.732 bits per heavy atom. The number of hydrogen-bond acceptors (Lipinski definition) is 18. The highest BCUT2D eigenvalue weighted by Crippen LogP contribution is 2.20. The first kappa shape index (κ1) is 70.0. The van der Waals surface area contributed by atoms with E-state index >= 15 is 0 Å². The Kier molecular flexibility index (Phi) is 32.2. The Hall–Kier alpha value is -8.11. The van der Waals surface area contributed by atoms with Crippen molar-refractivity contribution < 1.29 is 88.0 Å². The molecule has 18 nitrogen and oxygen atoms in total. The third kappa shape index (κ3) is 27.9. The molecule has 0 atom stereocenters. The molecule has 0 amide bonds. The minimum Gasteiger partial charge on any atom is -0.493 e. The van der Waals surface area contributed by atoms with Crippen molar-refractivity contribution in [1.29, 1.82) is 0 Å². The first-order valence-corrected chi connectivity index (χ1v) is 25.6. The average molecular weight is 1130 g/mol. The normalized spacial score (nSPS) is 10.6. The van der Waals surface area contributed by atoms with Crippen molar-refractivity contribution in [2.24, 2.45) is 0 Å². The van der Waals surface area contributed by atoms with E-state index in [2.05, 4.69) is 20.8 Å². The predicted octanol–water partition coefficient (Wildman–Crippen LogP) is 4.02. The van der Waals surface area contributed by atoms with Gasteiger partial charge >= 0.3 is 39.3 Å². The molecule has 21 heteroatoms. The number of rotatable bonds is 22. The Morgan fingerprint density at radius 1 is 0.451 bits per heavy atom. The van der Waals surface area contributed by atoms with Crippen LogP contribution in [0.3, 0.4) is 0 Å². The summed E-state index contributed by atoms with van der Waals surface area (Å²) in [7, 11) is -1.07. The first-order chi connectivity index (χ1) is 39.0. The monoisotopic (exact) mass is 1130 g/mol. The molecule has 0 unspecified atom stereocenters. The quantitative estimate of drug-likeness (QED) is 0.0157. The highest BCUT2D eigenvalue weighted by Gasteiger charge is 2.32. The fraction of sp³-hybridized carbons (Fsp3) is 0.246. The molecule has 0 saturated carbocycles. The maximum atomic E-state index is 11.2. The molecule has 6 rings (SSSR count). The molecule has 8 N–H and O–H groups in total. The van der Waals surface area contributed by atoms with E-state index in [0.29, 0.717) is 54.5 Å². The van der Waals surface area contributed by atoms with Crippen LogP contribution in [0.1, 0.15) is 65.9 Å². The van der Waals surface area contributed by atoms with E-state index in [1.807, 2.05) is 91.0 Å². The lowest BCUT2D eigenvalue weighted by Gasteiger charge is -2.31. The predicted molar refractivity (Wildman–Crippen MR) is 318 cm³/mol. The van der Waals surface area contributed by atoms with Gasteiger partial charge in [0.2, 0.25) is 0 Å². The third-order valence-electron chi connectivity index (χ3n) is 11.7. The van der Waals surface area contributed by atoms with Gasteiger partial charge in [-0.1, -0.05) is 116 Å². The van der Waals surface area contributed by atoms with Crippen LogP contribution in [0, 0.1) is 0 Å². The molecule has 6 aromatic rings. The Bertz CT molecular complexity index is 2770. The Balaban J connectivity index is 0.000000377. The summed E-state index contributed by atoms with van der Waals surface area (Å²) in [5.74, 6) is 0.259. The van der Waals surface area contributed by atoms with E-state index in [1.54, 1.807) is 70.2 Å². The van der Waals surface area contributed by atoms with Crippen molar-refractivity contribution in [2.75, 3.05) is 41.2 Å². The maximum absolute atomic E-state index is 11.2. The van der Waals surface area contributed by atoms with E-state index in [9.17, 15) is 39.3 Å². The van der Waals surface area contributed by atoms with Crippen LogP contribution in [0.4, 0.5) is 0 Å². The Morgan fingerprint density at radius 3 is 0.963 bits per heavy atom. The number of ether oxygens (including phenoxy) is 6. The molecule has 0 spiro atoms. The second-order valence-electron chi connectivity index (χ2n) is 18.4. The summed E-state index contributed by atoms with van der Waals surface area (Å²) < 4.78 is 30.2. The molecular weight excluding hydrogens is 1050 g/mol. The summed E-state index contributed by atoms with van der Waals surface area (Å²) in [6.45, 7) is 10.9. The zero-order valence-electron chi connectivity index (χ0n) is 47.2. The zero-order valence-corrected chi connectivity index (χ0v) is 47.2. The smallest absolute Gasteiger partial charge is 0.489 e. The highest BCUT2D eigenvalue weighted by atomic mass is 16.5. The summed E-state index contributed by atoms with van der Waals surface area (Å²) in [4.78, 5) is 43.2. The van der Waals surface area contributed by atoms with Gasteiger partial charge in [-0.3, -0.25) is 4.79 Å². The van der Waals surface area contributed by atoms with Crippen LogP contribution in [0.5, 0.6) is 17.2 Å². The number of hydrogen-bond donors (Lipinski definition) is 8. The van der Waals surface area contributed by atoms with Gasteiger partial charge in [0.05, 0.1) is 52.4 Å². The number of benzene rings is 6. The summed E-state index contributed by atoms with van der Waals surface area (Å²) in [5.41, 5.74) is 3.42. The summed E-state index contributed by atoms with van der Waals surface area (Å²) in [6, 6.07) is 44.2. The number of aliphatic hydroxyl groups is 2. The fourth-order valence-corrected chi connectivity index (χ4v) is 6.35. The van der Waals surface area contributed by atoms with Gasteiger partial charge in [-0.15, -0.1) is 0 Å². The number of aldehydes is 1. The number of methoxy groups -OCH3 is 3. The standard InChI is InChI=1S/2C18H19BO5.C15H15BO4.C6H14O2.C4H6O2/c2*1-23-18(20)10-7-15-13-16(8-9-17(15)19(21)22)24-12-11-14-5-3-2-4-6-14;17-11-13-10-14(6-7-15(13)16(18)19)20-9-8-12-4-2-1-3-5-12;1-5(2,7)6(3,4)8;1-3-4(5)6-2/h2*2-10,13,21-22H,11-12H2,1H3;1-7,10-11,18-19H,8-9H2;7-8H,1-4H3;3H,1H2,2H3/b2*10-7+;;;. The van der Waals surface area contributed by atoms with E-state index < -0.39 is 50.5 Å². The molecule has 0 saturated heterocycles. The van der Waals surface area contributed by atoms with Gasteiger partial charge in [-0.05, 0) is 120 Å². The van der Waals surface area contributed by atoms with Gasteiger partial charge in [0.1, 0.15) is 23.5 Å². The largest absolute Gasteiger partial charge is 0.493 e. The molecule has 434 valence electrons. The molecule has 0 radical (unpaired) electrons. The molecule has 0 heterocycles. The molecule has 0 aliphatic heterocycles. The molecule has 0 aliphatic rings. The summed E-state index contributed by atoms with van der Waals surface area (Å²) in [5, 5.41) is 74.1. The lowest BCUT2D eigenvalue weighted by atomic mass is 9.77. The van der Waals surface area contributed by atoms with Crippen LogP contribution in [-0.4, -0.2) is 138 Å². The molecule has 0 aromatic heterocycles. The third-order valence-corrected chi connectivity index (χ3v) is 11.7. The van der Waals surface area contributed by atoms with Crippen LogP contribution in [0.15, 0.2) is 170 Å². The van der Waals surface area contributed by atoms with Gasteiger partial charge in [0, 0.05) is 43.1 Å². The lowest BCUT2D eigenvalue weighted by molar-refractivity contribution is -0.135. The van der Waals surface area contributed by atoms with Crippen LogP contribution in [0.2, 0.25) is 0 Å².